The minimum atomic E-state index is -1.07. The van der Waals surface area contributed by atoms with E-state index in [0.29, 0.717) is 11.4 Å². The zero-order valence-electron chi connectivity index (χ0n) is 14.4. The molecule has 1 atom stereocenters. The van der Waals surface area contributed by atoms with Gasteiger partial charge in [-0.1, -0.05) is 29.8 Å². The Bertz CT molecular complexity index is 866. The molecule has 0 unspecified atom stereocenters. The Labute approximate surface area is 155 Å². The maximum Gasteiger partial charge on any atom is 0.323 e. The molecule has 2 amide bonds. The molecule has 2 aromatic carbocycles. The van der Waals surface area contributed by atoms with Crippen molar-refractivity contribution in [1.29, 1.82) is 0 Å². The van der Waals surface area contributed by atoms with Crippen LogP contribution in [0.3, 0.4) is 0 Å². The van der Waals surface area contributed by atoms with Gasteiger partial charge in [0.05, 0.1) is 5.69 Å². The van der Waals surface area contributed by atoms with Gasteiger partial charge < -0.3 is 10.0 Å². The zero-order chi connectivity index (χ0) is 18.8. The molecular formula is C19H18N2O4S. The molecule has 1 saturated heterocycles. The number of carboxylic acid groups (broad SMARTS) is 1. The number of hydrogen-bond donors (Lipinski definition) is 1. The highest BCUT2D eigenvalue weighted by Gasteiger charge is 2.44. The number of carboxylic acids is 1. The monoisotopic (exact) mass is 370 g/mol. The molecule has 0 aliphatic carbocycles. The second kappa shape index (κ2) is 7.21. The van der Waals surface area contributed by atoms with Gasteiger partial charge in [0, 0.05) is 5.69 Å². The molecule has 1 N–H and O–H groups in total. The molecule has 0 saturated carbocycles. The molecule has 0 aromatic heterocycles. The van der Waals surface area contributed by atoms with Crippen molar-refractivity contribution in [3.8, 4) is 0 Å². The van der Waals surface area contributed by atoms with Gasteiger partial charge in [-0.2, -0.15) is 0 Å². The molecular weight excluding hydrogens is 352 g/mol. The molecule has 1 heterocycles. The number of nitrogens with zero attached hydrogens (tertiary/aromatic N) is 2. The lowest BCUT2D eigenvalue weighted by Gasteiger charge is -2.27. The molecule has 0 radical (unpaired) electrons. The largest absolute Gasteiger partial charge is 0.480 e. The van der Waals surface area contributed by atoms with Crippen LogP contribution in [-0.4, -0.2) is 34.1 Å². The number of aryl methyl sites for hydroxylation is 2. The second-order valence-corrected chi connectivity index (χ2v) is 7.14. The molecule has 3 rings (SSSR count). The first kappa shape index (κ1) is 18.0. The SMILES string of the molecule is Cc1ccc(N(CC(=O)O)[C@@H]2SC(=O)N(c3cccc(C)c3)C2=O)cc1. The molecule has 134 valence electrons. The number of carbonyl (C=O) groups excluding carboxylic acids is 2. The summed E-state index contributed by atoms with van der Waals surface area (Å²) >= 11 is 0.832. The number of carbonyl (C=O) groups is 3. The topological polar surface area (TPSA) is 77.9 Å². The van der Waals surface area contributed by atoms with Gasteiger partial charge in [-0.3, -0.25) is 14.4 Å². The van der Waals surface area contributed by atoms with Crippen LogP contribution in [0, 0.1) is 13.8 Å². The molecule has 6 nitrogen and oxygen atoms in total. The normalized spacial score (nSPS) is 16.8. The summed E-state index contributed by atoms with van der Waals surface area (Å²) in [6.07, 6.45) is 0. The van der Waals surface area contributed by atoms with Crippen LogP contribution in [-0.2, 0) is 9.59 Å². The number of amides is 2. The standard InChI is InChI=1S/C19H18N2O4S/c1-12-6-8-14(9-7-12)20(11-16(22)23)18-17(24)21(19(25)26-18)15-5-3-4-13(2)10-15/h3-10,18H,11H2,1-2H3,(H,22,23)/t18-/m1/s1. The predicted octanol–water partition coefficient (Wildman–Crippen LogP) is 3.42. The van der Waals surface area contributed by atoms with Gasteiger partial charge in [0.1, 0.15) is 6.54 Å². The minimum Gasteiger partial charge on any atom is -0.480 e. The van der Waals surface area contributed by atoms with Crippen LogP contribution in [0.2, 0.25) is 0 Å². The molecule has 1 fully saturated rings. The third kappa shape index (κ3) is 3.57. The second-order valence-electron chi connectivity index (χ2n) is 6.11. The first-order valence-corrected chi connectivity index (χ1v) is 8.91. The fourth-order valence-electron chi connectivity index (χ4n) is 2.79. The quantitative estimate of drug-likeness (QED) is 0.869. The van der Waals surface area contributed by atoms with Crippen molar-refractivity contribution in [2.75, 3.05) is 16.3 Å². The van der Waals surface area contributed by atoms with Crippen molar-refractivity contribution in [1.82, 2.24) is 0 Å². The number of rotatable bonds is 5. The summed E-state index contributed by atoms with van der Waals surface area (Å²) in [6, 6.07) is 14.3. The number of aliphatic carboxylic acids is 1. The summed E-state index contributed by atoms with van der Waals surface area (Å²) < 4.78 is 0. The van der Waals surface area contributed by atoms with Crippen molar-refractivity contribution < 1.29 is 19.5 Å². The van der Waals surface area contributed by atoms with Gasteiger partial charge >= 0.3 is 5.97 Å². The lowest BCUT2D eigenvalue weighted by atomic mass is 10.2. The van der Waals surface area contributed by atoms with E-state index >= 15 is 0 Å². The van der Waals surface area contributed by atoms with Gasteiger partial charge in [0.2, 0.25) is 0 Å². The average Bonchev–Trinajstić information content (AvgIpc) is 2.88. The number of thioether (sulfide) groups is 1. The van der Waals surface area contributed by atoms with E-state index in [1.54, 1.807) is 30.3 Å². The maximum atomic E-state index is 12.9. The summed E-state index contributed by atoms with van der Waals surface area (Å²) in [5.41, 5.74) is 3.03. The molecule has 1 aliphatic heterocycles. The Morgan fingerprint density at radius 2 is 1.81 bits per heavy atom. The highest BCUT2D eigenvalue weighted by molar-refractivity contribution is 8.16. The van der Waals surface area contributed by atoms with E-state index in [1.165, 1.54) is 4.90 Å². The summed E-state index contributed by atoms with van der Waals surface area (Å²) in [4.78, 5) is 39.3. The fraction of sp³-hybridized carbons (Fsp3) is 0.211. The maximum absolute atomic E-state index is 12.9. The lowest BCUT2D eigenvalue weighted by Crippen LogP contribution is -2.44. The van der Waals surface area contributed by atoms with E-state index in [-0.39, 0.29) is 6.54 Å². The first-order valence-electron chi connectivity index (χ1n) is 8.03. The van der Waals surface area contributed by atoms with Gasteiger partial charge in [0.15, 0.2) is 5.37 Å². The summed E-state index contributed by atoms with van der Waals surface area (Å²) in [6.45, 7) is 3.42. The summed E-state index contributed by atoms with van der Waals surface area (Å²) in [5.74, 6) is -1.51. The number of anilines is 2. The van der Waals surface area contributed by atoms with Crippen LogP contribution < -0.4 is 9.80 Å². The fourth-order valence-corrected chi connectivity index (χ4v) is 3.81. The molecule has 0 spiro atoms. The van der Waals surface area contributed by atoms with Gasteiger partial charge in [-0.25, -0.2) is 4.90 Å². The van der Waals surface area contributed by atoms with Crippen LogP contribution in [0.15, 0.2) is 48.5 Å². The van der Waals surface area contributed by atoms with Crippen molar-refractivity contribution >= 4 is 40.3 Å². The van der Waals surface area contributed by atoms with E-state index in [2.05, 4.69) is 0 Å². The number of hydrogen-bond acceptors (Lipinski definition) is 5. The Morgan fingerprint density at radius 3 is 2.42 bits per heavy atom. The molecule has 1 aliphatic rings. The third-order valence-electron chi connectivity index (χ3n) is 4.04. The van der Waals surface area contributed by atoms with Crippen LogP contribution in [0.5, 0.6) is 0 Å². The predicted molar refractivity (Wildman–Crippen MR) is 102 cm³/mol. The molecule has 7 heteroatoms. The van der Waals surface area contributed by atoms with E-state index in [4.69, 9.17) is 0 Å². The van der Waals surface area contributed by atoms with Crippen LogP contribution >= 0.6 is 11.8 Å². The van der Waals surface area contributed by atoms with Crippen LogP contribution in [0.1, 0.15) is 11.1 Å². The van der Waals surface area contributed by atoms with E-state index in [0.717, 1.165) is 27.8 Å². The Morgan fingerprint density at radius 1 is 1.12 bits per heavy atom. The zero-order valence-corrected chi connectivity index (χ0v) is 15.2. The van der Waals surface area contributed by atoms with Crippen LogP contribution in [0.4, 0.5) is 16.2 Å². The highest BCUT2D eigenvalue weighted by Crippen LogP contribution is 2.36. The van der Waals surface area contributed by atoms with E-state index < -0.39 is 22.5 Å². The number of imide groups is 1. The van der Waals surface area contributed by atoms with Crippen molar-refractivity contribution in [2.24, 2.45) is 0 Å². The van der Waals surface area contributed by atoms with E-state index in [1.807, 2.05) is 32.0 Å². The average molecular weight is 370 g/mol. The smallest absolute Gasteiger partial charge is 0.323 e. The Hall–Kier alpha value is -2.80. The van der Waals surface area contributed by atoms with Crippen molar-refractivity contribution in [3.63, 3.8) is 0 Å². The highest BCUT2D eigenvalue weighted by atomic mass is 32.2. The van der Waals surface area contributed by atoms with E-state index in [9.17, 15) is 19.5 Å². The minimum absolute atomic E-state index is 0.374. The molecule has 26 heavy (non-hydrogen) atoms. The Balaban J connectivity index is 1.95. The first-order chi connectivity index (χ1) is 12.4. The lowest BCUT2D eigenvalue weighted by molar-refractivity contribution is -0.135. The van der Waals surface area contributed by atoms with Gasteiger partial charge in [-0.05, 0) is 55.4 Å². The molecule has 0 bridgehead atoms. The Kier molecular flexibility index (Phi) is 4.99. The third-order valence-corrected chi connectivity index (χ3v) is 5.10. The van der Waals surface area contributed by atoms with Gasteiger partial charge in [-0.15, -0.1) is 0 Å². The van der Waals surface area contributed by atoms with Crippen molar-refractivity contribution in [3.05, 3.63) is 59.7 Å². The number of benzene rings is 2. The van der Waals surface area contributed by atoms with Crippen molar-refractivity contribution in [2.45, 2.75) is 19.2 Å². The summed E-state index contributed by atoms with van der Waals surface area (Å²) in [5, 5.41) is 7.95. The van der Waals surface area contributed by atoms with Gasteiger partial charge in [0.25, 0.3) is 11.1 Å². The van der Waals surface area contributed by atoms with Crippen LogP contribution in [0.25, 0.3) is 0 Å². The summed E-state index contributed by atoms with van der Waals surface area (Å²) in [7, 11) is 0. The molecule has 2 aromatic rings.